The molecule has 1 aromatic rings. The molecule has 0 saturated heterocycles. The summed E-state index contributed by atoms with van der Waals surface area (Å²) in [5, 5.41) is 11.2. The minimum absolute atomic E-state index is 0.0632. The lowest BCUT2D eigenvalue weighted by molar-refractivity contribution is -0.385. The molecule has 0 heterocycles. The third-order valence-electron chi connectivity index (χ3n) is 2.15. The summed E-state index contributed by atoms with van der Waals surface area (Å²) in [6, 6.07) is 4.28. The Morgan fingerprint density at radius 2 is 2.06 bits per heavy atom. The molecule has 1 rings (SSSR count). The van der Waals surface area contributed by atoms with E-state index >= 15 is 0 Å². The number of unbranched alkanes of at least 4 members (excludes halogenated alkanes) is 2. The van der Waals surface area contributed by atoms with E-state index < -0.39 is 4.92 Å². The molecule has 0 spiro atoms. The Kier molecular flexibility index (Phi) is 6.08. The molecule has 0 fully saturated rings. The van der Waals surface area contributed by atoms with Crippen molar-refractivity contribution in [1.29, 1.82) is 0 Å². The first-order valence-corrected chi connectivity index (χ1v) is 6.19. The molecule has 0 aliphatic carbocycles. The molecule has 0 radical (unpaired) electrons. The number of alkyl halides is 1. The van der Waals surface area contributed by atoms with Crippen LogP contribution in [-0.4, -0.2) is 17.4 Å². The zero-order valence-corrected chi connectivity index (χ0v) is 10.7. The smallest absolute Gasteiger partial charge is 0.311 e. The maximum absolute atomic E-state index is 10.7. The number of nitro benzene ring substituents is 1. The number of nitro groups is 1. The third kappa shape index (κ3) is 4.79. The second-order valence-electron chi connectivity index (χ2n) is 3.47. The first-order valence-electron chi connectivity index (χ1n) is 5.28. The molecule has 0 aromatic heterocycles. The number of ether oxygens (including phenoxy) is 1. The number of nitrogens with zero attached hydrogens (tertiary/aromatic N) is 1. The van der Waals surface area contributed by atoms with Gasteiger partial charge in [-0.25, -0.2) is 0 Å². The van der Waals surface area contributed by atoms with E-state index in [0.717, 1.165) is 19.3 Å². The second-order valence-corrected chi connectivity index (χ2v) is 4.28. The van der Waals surface area contributed by atoms with Crippen LogP contribution in [0.5, 0.6) is 5.75 Å². The molecule has 94 valence electrons. The van der Waals surface area contributed by atoms with Gasteiger partial charge >= 0.3 is 5.69 Å². The van der Waals surface area contributed by atoms with Crippen LogP contribution in [-0.2, 0) is 0 Å². The highest BCUT2D eigenvalue weighted by atomic mass is 35.5. The Morgan fingerprint density at radius 3 is 2.71 bits per heavy atom. The van der Waals surface area contributed by atoms with Gasteiger partial charge in [0.2, 0.25) is 0 Å². The van der Waals surface area contributed by atoms with Crippen LogP contribution in [0, 0.1) is 10.1 Å². The van der Waals surface area contributed by atoms with E-state index in [0.29, 0.717) is 17.5 Å². The maximum atomic E-state index is 10.7. The van der Waals surface area contributed by atoms with Crippen LogP contribution < -0.4 is 4.74 Å². The molecule has 0 bridgehead atoms. The molecule has 6 heteroatoms. The van der Waals surface area contributed by atoms with E-state index in [2.05, 4.69) is 0 Å². The van der Waals surface area contributed by atoms with E-state index in [1.807, 2.05) is 0 Å². The van der Waals surface area contributed by atoms with Crippen LogP contribution in [0.1, 0.15) is 19.3 Å². The fourth-order valence-electron chi connectivity index (χ4n) is 1.31. The lowest BCUT2D eigenvalue weighted by Crippen LogP contribution is -2.00. The molecule has 0 N–H and O–H groups in total. The largest absolute Gasteiger partial charge is 0.487 e. The van der Waals surface area contributed by atoms with Gasteiger partial charge in [-0.15, -0.1) is 11.6 Å². The highest BCUT2D eigenvalue weighted by Crippen LogP contribution is 2.29. The molecular formula is C11H13Cl2NO3. The van der Waals surface area contributed by atoms with Crippen molar-refractivity contribution in [3.05, 3.63) is 33.3 Å². The van der Waals surface area contributed by atoms with E-state index in [4.69, 9.17) is 27.9 Å². The average molecular weight is 278 g/mol. The zero-order valence-electron chi connectivity index (χ0n) is 9.20. The molecule has 17 heavy (non-hydrogen) atoms. The Hall–Kier alpha value is -1.00. The summed E-state index contributed by atoms with van der Waals surface area (Å²) in [6.07, 6.45) is 2.68. The fraction of sp³-hybridized carbons (Fsp3) is 0.455. The van der Waals surface area contributed by atoms with Crippen LogP contribution in [0.2, 0.25) is 5.02 Å². The van der Waals surface area contributed by atoms with Crippen molar-refractivity contribution in [2.45, 2.75) is 19.3 Å². The average Bonchev–Trinajstić information content (AvgIpc) is 2.28. The van der Waals surface area contributed by atoms with Crippen molar-refractivity contribution in [3.8, 4) is 5.75 Å². The van der Waals surface area contributed by atoms with Gasteiger partial charge in [0.05, 0.1) is 11.5 Å². The second kappa shape index (κ2) is 7.35. The fourth-order valence-corrected chi connectivity index (χ4v) is 1.66. The first-order chi connectivity index (χ1) is 8.15. The van der Waals surface area contributed by atoms with Gasteiger partial charge in [-0.05, 0) is 25.3 Å². The quantitative estimate of drug-likeness (QED) is 0.327. The zero-order chi connectivity index (χ0) is 12.7. The summed E-state index contributed by atoms with van der Waals surface area (Å²) >= 11 is 11.3. The van der Waals surface area contributed by atoms with E-state index in [9.17, 15) is 10.1 Å². The van der Waals surface area contributed by atoms with Crippen molar-refractivity contribution in [2.75, 3.05) is 12.5 Å². The van der Waals surface area contributed by atoms with Gasteiger partial charge < -0.3 is 4.74 Å². The summed E-state index contributed by atoms with van der Waals surface area (Å²) in [4.78, 5) is 10.3. The minimum Gasteiger partial charge on any atom is -0.487 e. The lowest BCUT2D eigenvalue weighted by atomic mass is 10.2. The van der Waals surface area contributed by atoms with Crippen molar-refractivity contribution in [1.82, 2.24) is 0 Å². The Labute approximate surface area is 110 Å². The maximum Gasteiger partial charge on any atom is 0.311 e. The van der Waals surface area contributed by atoms with Gasteiger partial charge in [0, 0.05) is 23.0 Å². The van der Waals surface area contributed by atoms with E-state index in [-0.39, 0.29) is 11.4 Å². The van der Waals surface area contributed by atoms with Crippen LogP contribution >= 0.6 is 23.2 Å². The highest BCUT2D eigenvalue weighted by Gasteiger charge is 2.14. The summed E-state index contributed by atoms with van der Waals surface area (Å²) in [5.74, 6) is 0.838. The van der Waals surface area contributed by atoms with Crippen molar-refractivity contribution < 1.29 is 9.66 Å². The number of rotatable bonds is 7. The predicted octanol–water partition coefficient (Wildman–Crippen LogP) is 4.04. The molecule has 4 nitrogen and oxygen atoms in total. The van der Waals surface area contributed by atoms with Crippen LogP contribution in [0.15, 0.2) is 18.2 Å². The third-order valence-corrected chi connectivity index (χ3v) is 2.66. The number of halogens is 2. The molecule has 0 aliphatic rings. The van der Waals surface area contributed by atoms with Gasteiger partial charge in [0.25, 0.3) is 0 Å². The minimum atomic E-state index is -0.482. The number of hydrogen-bond donors (Lipinski definition) is 0. The highest BCUT2D eigenvalue weighted by molar-refractivity contribution is 6.30. The summed E-state index contributed by atoms with van der Waals surface area (Å²) in [6.45, 7) is 0.429. The van der Waals surface area contributed by atoms with E-state index in [1.54, 1.807) is 0 Å². The van der Waals surface area contributed by atoms with Crippen LogP contribution in [0.4, 0.5) is 5.69 Å². The number of hydrogen-bond acceptors (Lipinski definition) is 3. The van der Waals surface area contributed by atoms with Crippen molar-refractivity contribution in [3.63, 3.8) is 0 Å². The molecule has 1 aromatic carbocycles. The monoisotopic (exact) mass is 277 g/mol. The van der Waals surface area contributed by atoms with Crippen LogP contribution in [0.25, 0.3) is 0 Å². The molecule has 0 amide bonds. The number of benzene rings is 1. The first kappa shape index (κ1) is 14.1. The summed E-state index contributed by atoms with van der Waals surface area (Å²) in [7, 11) is 0. The van der Waals surface area contributed by atoms with Crippen molar-refractivity contribution in [2.24, 2.45) is 0 Å². The molecular weight excluding hydrogens is 265 g/mol. The van der Waals surface area contributed by atoms with Gasteiger partial charge in [0.15, 0.2) is 5.75 Å². The van der Waals surface area contributed by atoms with E-state index in [1.165, 1.54) is 18.2 Å². The Morgan fingerprint density at radius 1 is 1.29 bits per heavy atom. The lowest BCUT2D eigenvalue weighted by Gasteiger charge is -2.06. The normalized spacial score (nSPS) is 10.2. The van der Waals surface area contributed by atoms with Crippen LogP contribution in [0.3, 0.4) is 0 Å². The predicted molar refractivity (Wildman–Crippen MR) is 68.2 cm³/mol. The van der Waals surface area contributed by atoms with Crippen molar-refractivity contribution >= 4 is 28.9 Å². The van der Waals surface area contributed by atoms with Gasteiger partial charge in [-0.1, -0.05) is 11.6 Å². The Bertz CT molecular complexity index is 385. The SMILES string of the molecule is O=[N+]([O-])c1ccc(Cl)cc1OCCCCCCl. The molecule has 0 unspecified atom stereocenters. The molecule has 0 atom stereocenters. The standard InChI is InChI=1S/C11H13Cl2NO3/c12-6-2-1-3-7-17-11-8-9(13)4-5-10(11)14(15)16/h4-5,8H,1-3,6-7H2. The summed E-state index contributed by atoms with van der Waals surface area (Å²) < 4.78 is 5.36. The topological polar surface area (TPSA) is 52.4 Å². The summed E-state index contributed by atoms with van der Waals surface area (Å²) in [5.41, 5.74) is -0.0632. The molecule has 0 saturated carbocycles. The van der Waals surface area contributed by atoms with Gasteiger partial charge in [-0.2, -0.15) is 0 Å². The van der Waals surface area contributed by atoms with Gasteiger partial charge in [-0.3, -0.25) is 10.1 Å². The van der Waals surface area contributed by atoms with Gasteiger partial charge in [0.1, 0.15) is 0 Å². The molecule has 0 aliphatic heterocycles. The Balaban J connectivity index is 2.56.